The quantitative estimate of drug-likeness (QED) is 0.753. The van der Waals surface area contributed by atoms with Crippen LogP contribution < -0.4 is 5.32 Å². The molecule has 0 unspecified atom stereocenters. The highest BCUT2D eigenvalue weighted by atomic mass is 19.1. The summed E-state index contributed by atoms with van der Waals surface area (Å²) in [6.07, 6.45) is -0.618. The molecule has 2 N–H and O–H groups in total. The van der Waals surface area contributed by atoms with Gasteiger partial charge in [0.15, 0.2) is 6.29 Å². The maximum absolute atomic E-state index is 13.3. The fraction of sp³-hybridized carbons (Fsp3) is 0.364. The number of phenols is 1. The minimum atomic E-state index is -0.783. The van der Waals surface area contributed by atoms with Gasteiger partial charge in [0.05, 0.1) is 6.54 Å². The first-order valence-electron chi connectivity index (χ1n) is 4.91. The molecule has 0 aromatic heterocycles. The van der Waals surface area contributed by atoms with Crippen LogP contribution in [0.1, 0.15) is 10.4 Å². The lowest BCUT2D eigenvalue weighted by Crippen LogP contribution is -2.34. The summed E-state index contributed by atoms with van der Waals surface area (Å²) >= 11 is 0. The van der Waals surface area contributed by atoms with Crippen molar-refractivity contribution in [2.45, 2.75) is 6.29 Å². The largest absolute Gasteiger partial charge is 0.507 e. The molecule has 94 valence electrons. The van der Waals surface area contributed by atoms with Crippen LogP contribution in [-0.4, -0.2) is 38.1 Å². The number of hydrogen-bond acceptors (Lipinski definition) is 4. The second-order valence-corrected chi connectivity index (χ2v) is 3.24. The molecule has 0 saturated carbocycles. The van der Waals surface area contributed by atoms with E-state index >= 15 is 0 Å². The van der Waals surface area contributed by atoms with Gasteiger partial charge in [-0.2, -0.15) is 0 Å². The monoisotopic (exact) mass is 243 g/mol. The summed E-state index contributed by atoms with van der Waals surface area (Å²) in [5.41, 5.74) is -0.390. The van der Waals surface area contributed by atoms with Gasteiger partial charge in [0.1, 0.15) is 17.1 Å². The molecule has 1 rings (SSSR count). The predicted octanol–water partition coefficient (Wildman–Crippen LogP) is 0.880. The molecule has 1 aromatic carbocycles. The van der Waals surface area contributed by atoms with E-state index in [4.69, 9.17) is 9.47 Å². The number of hydrogen-bond donors (Lipinski definition) is 2. The predicted molar refractivity (Wildman–Crippen MR) is 58.2 cm³/mol. The average molecular weight is 243 g/mol. The minimum absolute atomic E-state index is 0.0552. The highest BCUT2D eigenvalue weighted by molar-refractivity contribution is 5.97. The Morgan fingerprint density at radius 2 is 2.12 bits per heavy atom. The smallest absolute Gasteiger partial charge is 0.258 e. The number of amides is 1. The summed E-state index contributed by atoms with van der Waals surface area (Å²) < 4.78 is 23.0. The van der Waals surface area contributed by atoms with Gasteiger partial charge in [-0.15, -0.1) is 0 Å². The summed E-state index contributed by atoms with van der Waals surface area (Å²) in [7, 11) is 2.84. The molecular weight excluding hydrogens is 229 g/mol. The number of rotatable bonds is 5. The molecule has 0 heterocycles. The molecule has 1 aromatic rings. The molecule has 0 aliphatic heterocycles. The summed E-state index contributed by atoms with van der Waals surface area (Å²) in [6.45, 7) is 0.0552. The molecular formula is C11H14FNO4. The molecule has 1 amide bonds. The Morgan fingerprint density at radius 1 is 1.47 bits per heavy atom. The van der Waals surface area contributed by atoms with Gasteiger partial charge in [-0.25, -0.2) is 4.39 Å². The van der Waals surface area contributed by atoms with Gasteiger partial charge < -0.3 is 19.9 Å². The van der Waals surface area contributed by atoms with Gasteiger partial charge in [-0.05, 0) is 12.1 Å². The van der Waals surface area contributed by atoms with Crippen molar-refractivity contribution in [2.75, 3.05) is 20.8 Å². The van der Waals surface area contributed by atoms with Crippen molar-refractivity contribution in [3.05, 3.63) is 29.6 Å². The number of ether oxygens (including phenoxy) is 2. The van der Waals surface area contributed by atoms with Gasteiger partial charge in [0.2, 0.25) is 0 Å². The van der Waals surface area contributed by atoms with Gasteiger partial charge >= 0.3 is 0 Å². The Hall–Kier alpha value is -1.66. The highest BCUT2D eigenvalue weighted by Crippen LogP contribution is 2.19. The normalized spacial score (nSPS) is 10.6. The van der Waals surface area contributed by atoms with E-state index in [1.54, 1.807) is 0 Å². The van der Waals surface area contributed by atoms with Crippen LogP contribution in [0.4, 0.5) is 4.39 Å². The summed E-state index contributed by atoms with van der Waals surface area (Å²) in [5.74, 6) is -1.91. The lowest BCUT2D eigenvalue weighted by Gasteiger charge is -2.14. The zero-order valence-electron chi connectivity index (χ0n) is 9.57. The molecule has 6 heteroatoms. The molecule has 0 atom stereocenters. The lowest BCUT2D eigenvalue weighted by molar-refractivity contribution is -0.0974. The SMILES string of the molecule is COC(CNC(=O)c1c(O)cccc1F)OC. The zero-order valence-corrected chi connectivity index (χ0v) is 9.57. The van der Waals surface area contributed by atoms with Crippen molar-refractivity contribution in [3.63, 3.8) is 0 Å². The van der Waals surface area contributed by atoms with Crippen molar-refractivity contribution in [1.29, 1.82) is 0 Å². The van der Waals surface area contributed by atoms with E-state index in [1.807, 2.05) is 0 Å². The Bertz CT molecular complexity index is 373. The lowest BCUT2D eigenvalue weighted by atomic mass is 10.1. The minimum Gasteiger partial charge on any atom is -0.507 e. The van der Waals surface area contributed by atoms with Crippen molar-refractivity contribution >= 4 is 5.91 Å². The first kappa shape index (κ1) is 13.4. The number of carbonyl (C=O) groups is 1. The van der Waals surface area contributed by atoms with E-state index in [1.165, 1.54) is 26.4 Å². The number of nitrogens with one attached hydrogen (secondary N) is 1. The zero-order chi connectivity index (χ0) is 12.8. The summed E-state index contributed by atoms with van der Waals surface area (Å²) in [6, 6.07) is 3.65. The molecule has 0 saturated heterocycles. The number of carbonyl (C=O) groups excluding carboxylic acids is 1. The fourth-order valence-corrected chi connectivity index (χ4v) is 1.26. The molecule has 0 bridgehead atoms. The standard InChI is InChI=1S/C11H14FNO4/c1-16-9(17-2)6-13-11(15)10-7(12)4-3-5-8(10)14/h3-5,9,14H,6H2,1-2H3,(H,13,15). The van der Waals surface area contributed by atoms with Crippen LogP contribution in [0, 0.1) is 5.82 Å². The van der Waals surface area contributed by atoms with Gasteiger partial charge in [0.25, 0.3) is 5.91 Å². The molecule has 5 nitrogen and oxygen atoms in total. The third kappa shape index (κ3) is 3.40. The first-order valence-corrected chi connectivity index (χ1v) is 4.91. The van der Waals surface area contributed by atoms with Crippen LogP contribution >= 0.6 is 0 Å². The van der Waals surface area contributed by atoms with Gasteiger partial charge in [-0.3, -0.25) is 4.79 Å². The highest BCUT2D eigenvalue weighted by Gasteiger charge is 2.17. The summed E-state index contributed by atoms with van der Waals surface area (Å²) in [4.78, 5) is 11.6. The second kappa shape index (κ2) is 6.17. The van der Waals surface area contributed by atoms with Crippen molar-refractivity contribution in [2.24, 2.45) is 0 Å². The Morgan fingerprint density at radius 3 is 2.65 bits per heavy atom. The average Bonchev–Trinajstić information content (AvgIpc) is 2.30. The van der Waals surface area contributed by atoms with E-state index in [0.717, 1.165) is 6.07 Å². The van der Waals surface area contributed by atoms with E-state index in [-0.39, 0.29) is 6.54 Å². The maximum Gasteiger partial charge on any atom is 0.258 e. The molecule has 0 fully saturated rings. The maximum atomic E-state index is 13.3. The van der Waals surface area contributed by atoms with Gasteiger partial charge in [-0.1, -0.05) is 6.07 Å². The first-order chi connectivity index (χ1) is 8.10. The topological polar surface area (TPSA) is 67.8 Å². The van der Waals surface area contributed by atoms with Crippen molar-refractivity contribution in [1.82, 2.24) is 5.32 Å². The summed E-state index contributed by atoms with van der Waals surface area (Å²) in [5, 5.41) is 11.8. The van der Waals surface area contributed by atoms with E-state index < -0.39 is 29.3 Å². The second-order valence-electron chi connectivity index (χ2n) is 3.24. The van der Waals surface area contributed by atoms with E-state index in [0.29, 0.717) is 0 Å². The van der Waals surface area contributed by atoms with Crippen LogP contribution in [0.2, 0.25) is 0 Å². The molecule has 17 heavy (non-hydrogen) atoms. The van der Waals surface area contributed by atoms with Crippen molar-refractivity contribution < 1.29 is 23.8 Å². The number of methoxy groups -OCH3 is 2. The fourth-order valence-electron chi connectivity index (χ4n) is 1.26. The molecule has 0 radical (unpaired) electrons. The van der Waals surface area contributed by atoms with Crippen LogP contribution in [-0.2, 0) is 9.47 Å². The number of halogens is 1. The van der Waals surface area contributed by atoms with Gasteiger partial charge in [0, 0.05) is 14.2 Å². The Balaban J connectivity index is 2.70. The van der Waals surface area contributed by atoms with Crippen LogP contribution in [0.25, 0.3) is 0 Å². The third-order valence-electron chi connectivity index (χ3n) is 2.17. The van der Waals surface area contributed by atoms with Crippen LogP contribution in [0.15, 0.2) is 18.2 Å². The van der Waals surface area contributed by atoms with Crippen LogP contribution in [0.5, 0.6) is 5.75 Å². The molecule has 0 aliphatic carbocycles. The molecule has 0 spiro atoms. The third-order valence-corrected chi connectivity index (χ3v) is 2.17. The Labute approximate surface area is 98.2 Å². The van der Waals surface area contributed by atoms with E-state index in [2.05, 4.69) is 5.32 Å². The number of benzene rings is 1. The van der Waals surface area contributed by atoms with E-state index in [9.17, 15) is 14.3 Å². The number of phenolic OH excluding ortho intramolecular Hbond substituents is 1. The van der Waals surface area contributed by atoms with Crippen LogP contribution in [0.3, 0.4) is 0 Å². The Kier molecular flexibility index (Phi) is 4.86. The number of aromatic hydroxyl groups is 1. The molecule has 0 aliphatic rings. The van der Waals surface area contributed by atoms with Crippen molar-refractivity contribution in [3.8, 4) is 5.75 Å².